The van der Waals surface area contributed by atoms with Gasteiger partial charge in [0, 0.05) is 5.92 Å². The van der Waals surface area contributed by atoms with Crippen molar-refractivity contribution < 1.29 is 18.0 Å². The first-order valence-electron chi connectivity index (χ1n) is 8.24. The molecule has 0 spiro atoms. The zero-order valence-electron chi connectivity index (χ0n) is 14.4. The quantitative estimate of drug-likeness (QED) is 0.684. The average molecular weight is 395 g/mol. The molecule has 0 aliphatic carbocycles. The third kappa shape index (κ3) is 2.93. The van der Waals surface area contributed by atoms with Gasteiger partial charge < -0.3 is 5.32 Å². The number of nitrogens with one attached hydrogen (secondary N) is 1. The van der Waals surface area contributed by atoms with Crippen molar-refractivity contribution in [1.82, 2.24) is 14.5 Å². The molecule has 5 nitrogen and oxygen atoms in total. The Morgan fingerprint density at radius 3 is 2.63 bits per heavy atom. The van der Waals surface area contributed by atoms with E-state index in [1.165, 1.54) is 6.07 Å². The molecule has 4 rings (SSSR count). The Morgan fingerprint density at radius 2 is 1.96 bits per heavy atom. The van der Waals surface area contributed by atoms with E-state index in [1.807, 2.05) is 13.8 Å². The van der Waals surface area contributed by atoms with Crippen LogP contribution in [0.5, 0.6) is 0 Å². The summed E-state index contributed by atoms with van der Waals surface area (Å²) in [5, 5.41) is 3.00. The number of imidazole rings is 1. The minimum absolute atomic E-state index is 0.0691. The summed E-state index contributed by atoms with van der Waals surface area (Å²) < 4.78 is 41.0. The molecular formula is C18H14ClF3N4O. The first-order chi connectivity index (χ1) is 12.6. The molecule has 3 heterocycles. The molecule has 0 fully saturated rings. The van der Waals surface area contributed by atoms with Crippen molar-refractivity contribution >= 4 is 34.4 Å². The van der Waals surface area contributed by atoms with Gasteiger partial charge in [-0.15, -0.1) is 0 Å². The van der Waals surface area contributed by atoms with E-state index in [0.29, 0.717) is 33.3 Å². The molecule has 2 aromatic heterocycles. The minimum Gasteiger partial charge on any atom is -0.324 e. The second-order valence-electron chi connectivity index (χ2n) is 6.68. The lowest BCUT2D eigenvalue weighted by molar-refractivity contribution is -0.141. The van der Waals surface area contributed by atoms with Gasteiger partial charge in [-0.25, -0.2) is 9.97 Å². The van der Waals surface area contributed by atoms with Gasteiger partial charge in [-0.05, 0) is 29.8 Å². The van der Waals surface area contributed by atoms with Gasteiger partial charge in [-0.3, -0.25) is 9.36 Å². The van der Waals surface area contributed by atoms with Crippen molar-refractivity contribution in [3.05, 3.63) is 46.4 Å². The summed E-state index contributed by atoms with van der Waals surface area (Å²) in [6.45, 7) is 3.78. The van der Waals surface area contributed by atoms with Crippen LogP contribution in [0.25, 0.3) is 16.9 Å². The van der Waals surface area contributed by atoms with Gasteiger partial charge in [0.1, 0.15) is 17.0 Å². The molecular weight excluding hydrogens is 381 g/mol. The van der Waals surface area contributed by atoms with Crippen LogP contribution in [0, 0.1) is 0 Å². The van der Waals surface area contributed by atoms with Crippen LogP contribution in [0.3, 0.4) is 0 Å². The van der Waals surface area contributed by atoms with Crippen LogP contribution in [0.4, 0.5) is 18.9 Å². The molecule has 0 bridgehead atoms. The Bertz CT molecular complexity index is 1090. The number of halogens is 4. The highest BCUT2D eigenvalue weighted by Gasteiger charge is 2.33. The maximum absolute atomic E-state index is 13.1. The van der Waals surface area contributed by atoms with E-state index >= 15 is 0 Å². The zero-order valence-corrected chi connectivity index (χ0v) is 15.1. The average Bonchev–Trinajstić information content (AvgIpc) is 3.13. The largest absolute Gasteiger partial charge is 0.433 e. The number of nitrogens with zero attached hydrogens (tertiary/aromatic N) is 3. The van der Waals surface area contributed by atoms with Crippen molar-refractivity contribution in [1.29, 1.82) is 0 Å². The molecule has 0 radical (unpaired) electrons. The van der Waals surface area contributed by atoms with E-state index in [-0.39, 0.29) is 23.9 Å². The Hall–Kier alpha value is -2.61. The molecule has 0 saturated heterocycles. The second kappa shape index (κ2) is 5.95. The Kier molecular flexibility index (Phi) is 3.92. The van der Waals surface area contributed by atoms with Crippen LogP contribution in [0.2, 0.25) is 5.02 Å². The number of benzene rings is 1. The number of carbonyl (C=O) groups is 1. The Labute approximate surface area is 157 Å². The predicted molar refractivity (Wildman–Crippen MR) is 95.3 cm³/mol. The summed E-state index contributed by atoms with van der Waals surface area (Å²) in [6, 6.07) is 5.56. The van der Waals surface area contributed by atoms with Crippen LogP contribution in [-0.4, -0.2) is 20.4 Å². The summed E-state index contributed by atoms with van der Waals surface area (Å²) in [6.07, 6.45) is -4.40. The van der Waals surface area contributed by atoms with Gasteiger partial charge in [-0.2, -0.15) is 13.2 Å². The van der Waals surface area contributed by atoms with Crippen LogP contribution >= 0.6 is 11.6 Å². The van der Waals surface area contributed by atoms with E-state index < -0.39 is 11.9 Å². The SMILES string of the molecule is CC(C)c1nc2ccc(C(F)(F)F)nc2n1-c1cc(Cl)c2c(c1)CC(=O)N2. The first-order valence-corrected chi connectivity index (χ1v) is 8.62. The Balaban J connectivity index is 2.00. The highest BCUT2D eigenvalue weighted by atomic mass is 35.5. The summed E-state index contributed by atoms with van der Waals surface area (Å²) in [7, 11) is 0. The number of hydrogen-bond donors (Lipinski definition) is 1. The molecule has 27 heavy (non-hydrogen) atoms. The van der Waals surface area contributed by atoms with E-state index in [4.69, 9.17) is 11.6 Å². The van der Waals surface area contributed by atoms with Gasteiger partial charge in [0.15, 0.2) is 5.65 Å². The first kappa shape index (κ1) is 17.8. The van der Waals surface area contributed by atoms with Crippen LogP contribution in [-0.2, 0) is 17.4 Å². The summed E-state index contributed by atoms with van der Waals surface area (Å²) in [5.74, 6) is 0.312. The monoisotopic (exact) mass is 394 g/mol. The molecule has 0 atom stereocenters. The number of carbonyl (C=O) groups excluding carboxylic acids is 1. The lowest BCUT2D eigenvalue weighted by Crippen LogP contribution is -2.09. The molecule has 1 amide bonds. The summed E-state index contributed by atoms with van der Waals surface area (Å²) in [5.41, 5.74) is 1.21. The number of anilines is 1. The number of fused-ring (bicyclic) bond motifs is 2. The number of hydrogen-bond acceptors (Lipinski definition) is 3. The standard InChI is InChI=1S/C18H14ClF3N4O/c1-8(2)16-23-12-3-4-13(18(20,21)22)24-17(12)26(16)10-5-9-6-14(27)25-15(9)11(19)7-10/h3-5,7-8H,6H2,1-2H3,(H,25,27). The number of rotatable bonds is 2. The molecule has 1 aromatic carbocycles. The topological polar surface area (TPSA) is 59.8 Å². The number of alkyl halides is 3. The summed E-state index contributed by atoms with van der Waals surface area (Å²) in [4.78, 5) is 19.9. The lowest BCUT2D eigenvalue weighted by Gasteiger charge is -2.14. The molecule has 140 valence electrons. The minimum atomic E-state index is -4.56. The fraction of sp³-hybridized carbons (Fsp3) is 0.278. The molecule has 0 unspecified atom stereocenters. The maximum atomic E-state index is 13.1. The molecule has 9 heteroatoms. The van der Waals surface area contributed by atoms with Crippen molar-refractivity contribution in [3.8, 4) is 5.69 Å². The normalized spacial score (nSPS) is 14.1. The van der Waals surface area contributed by atoms with E-state index in [2.05, 4.69) is 15.3 Å². The van der Waals surface area contributed by atoms with Crippen molar-refractivity contribution in [3.63, 3.8) is 0 Å². The highest BCUT2D eigenvalue weighted by Crippen LogP contribution is 2.36. The van der Waals surface area contributed by atoms with E-state index in [0.717, 1.165) is 6.07 Å². The maximum Gasteiger partial charge on any atom is 0.433 e. The van der Waals surface area contributed by atoms with Crippen molar-refractivity contribution in [2.45, 2.75) is 32.4 Å². The van der Waals surface area contributed by atoms with Gasteiger partial charge >= 0.3 is 6.18 Å². The van der Waals surface area contributed by atoms with Crippen molar-refractivity contribution in [2.24, 2.45) is 0 Å². The smallest absolute Gasteiger partial charge is 0.324 e. The van der Waals surface area contributed by atoms with Gasteiger partial charge in [-0.1, -0.05) is 25.4 Å². The van der Waals surface area contributed by atoms with Gasteiger partial charge in [0.25, 0.3) is 0 Å². The van der Waals surface area contributed by atoms with E-state index in [9.17, 15) is 18.0 Å². The summed E-state index contributed by atoms with van der Waals surface area (Å²) >= 11 is 6.30. The molecule has 1 aliphatic heterocycles. The molecule has 1 N–H and O–H groups in total. The van der Waals surface area contributed by atoms with Crippen LogP contribution in [0.1, 0.15) is 36.8 Å². The number of pyridine rings is 1. The highest BCUT2D eigenvalue weighted by molar-refractivity contribution is 6.34. The van der Waals surface area contributed by atoms with Crippen molar-refractivity contribution in [2.75, 3.05) is 5.32 Å². The number of aromatic nitrogens is 3. The van der Waals surface area contributed by atoms with E-state index in [1.54, 1.807) is 16.7 Å². The fourth-order valence-corrected chi connectivity index (χ4v) is 3.47. The zero-order chi connectivity index (χ0) is 19.5. The second-order valence-corrected chi connectivity index (χ2v) is 7.09. The molecule has 1 aliphatic rings. The lowest BCUT2D eigenvalue weighted by atomic mass is 10.1. The molecule has 0 saturated carbocycles. The third-order valence-corrected chi connectivity index (χ3v) is 4.67. The molecule has 3 aromatic rings. The van der Waals surface area contributed by atoms with Crippen LogP contribution < -0.4 is 5.32 Å². The van der Waals surface area contributed by atoms with Gasteiger partial charge in [0.2, 0.25) is 5.91 Å². The predicted octanol–water partition coefficient (Wildman–Crippen LogP) is 4.71. The third-order valence-electron chi connectivity index (χ3n) is 4.37. The van der Waals surface area contributed by atoms with Crippen LogP contribution in [0.15, 0.2) is 24.3 Å². The fourth-order valence-electron chi connectivity index (χ4n) is 3.19. The van der Waals surface area contributed by atoms with Gasteiger partial charge in [0.05, 0.1) is 22.8 Å². The number of amides is 1. The Morgan fingerprint density at radius 1 is 1.22 bits per heavy atom.